The van der Waals surface area contributed by atoms with Gasteiger partial charge >= 0.3 is 0 Å². The van der Waals surface area contributed by atoms with Crippen LogP contribution in [0.4, 0.5) is 0 Å². The minimum atomic E-state index is 0.208. The number of nitrogens with two attached hydrogens (primary N) is 1. The zero-order chi connectivity index (χ0) is 11.8. The molecule has 0 saturated carbocycles. The van der Waals surface area contributed by atoms with E-state index in [1.54, 1.807) is 0 Å². The number of aromatic nitrogens is 1. The van der Waals surface area contributed by atoms with Gasteiger partial charge in [0.1, 0.15) is 5.76 Å². The van der Waals surface area contributed by atoms with E-state index in [1.165, 1.54) is 5.56 Å². The molecule has 1 aliphatic heterocycles. The third kappa shape index (κ3) is 2.10. The van der Waals surface area contributed by atoms with Crippen LogP contribution in [0.3, 0.4) is 0 Å². The predicted molar refractivity (Wildman–Crippen MR) is 64.6 cm³/mol. The second-order valence-electron chi connectivity index (χ2n) is 5.26. The van der Waals surface area contributed by atoms with Gasteiger partial charge in [-0.3, -0.25) is 4.90 Å². The first-order valence-electron chi connectivity index (χ1n) is 6.35. The summed E-state index contributed by atoms with van der Waals surface area (Å²) in [6.07, 6.45) is 3.74. The highest BCUT2D eigenvalue weighted by Crippen LogP contribution is 2.34. The van der Waals surface area contributed by atoms with Crippen molar-refractivity contribution in [2.24, 2.45) is 5.73 Å². The van der Waals surface area contributed by atoms with Gasteiger partial charge in [-0.15, -0.1) is 0 Å². The lowest BCUT2D eigenvalue weighted by Crippen LogP contribution is -2.48. The van der Waals surface area contributed by atoms with Crippen molar-refractivity contribution in [3.05, 3.63) is 17.5 Å². The van der Waals surface area contributed by atoms with Crippen LogP contribution in [0, 0.1) is 0 Å². The standard InChI is InChI=1S/C12H20N4O/c1-15-2-4-16(5-3-15)11-6-9(13)7-12-10(11)8-14-17-12/h8-9,11H,2-7,13H2,1H3. The van der Waals surface area contributed by atoms with Gasteiger partial charge in [-0.2, -0.15) is 0 Å². The Labute approximate surface area is 102 Å². The molecular weight excluding hydrogens is 216 g/mol. The van der Waals surface area contributed by atoms with Crippen LogP contribution in [0.5, 0.6) is 0 Å². The first kappa shape index (κ1) is 11.2. The van der Waals surface area contributed by atoms with E-state index in [0.717, 1.165) is 44.8 Å². The number of likely N-dealkylation sites (N-methyl/N-ethyl adjacent to an activating group) is 1. The molecule has 2 atom stereocenters. The highest BCUT2D eigenvalue weighted by Gasteiger charge is 2.33. The fraction of sp³-hybridized carbons (Fsp3) is 0.750. The summed E-state index contributed by atoms with van der Waals surface area (Å²) in [5.74, 6) is 0.993. The maximum atomic E-state index is 6.11. The largest absolute Gasteiger partial charge is 0.361 e. The second kappa shape index (κ2) is 4.40. The monoisotopic (exact) mass is 236 g/mol. The maximum Gasteiger partial charge on any atom is 0.143 e. The van der Waals surface area contributed by atoms with Crippen molar-refractivity contribution in [3.63, 3.8) is 0 Å². The van der Waals surface area contributed by atoms with Gasteiger partial charge in [-0.05, 0) is 13.5 Å². The zero-order valence-electron chi connectivity index (χ0n) is 10.3. The molecule has 1 aromatic rings. The molecule has 5 nitrogen and oxygen atoms in total. The molecule has 2 aliphatic rings. The van der Waals surface area contributed by atoms with E-state index in [9.17, 15) is 0 Å². The summed E-state index contributed by atoms with van der Waals surface area (Å²) in [6, 6.07) is 0.619. The summed E-state index contributed by atoms with van der Waals surface area (Å²) < 4.78 is 5.30. The number of piperazine rings is 1. The fourth-order valence-electron chi connectivity index (χ4n) is 2.91. The van der Waals surface area contributed by atoms with Crippen molar-refractivity contribution in [1.82, 2.24) is 15.0 Å². The van der Waals surface area contributed by atoms with Crippen LogP contribution >= 0.6 is 0 Å². The Hall–Kier alpha value is -0.910. The molecule has 94 valence electrons. The van der Waals surface area contributed by atoms with Crippen LogP contribution in [-0.4, -0.2) is 54.2 Å². The van der Waals surface area contributed by atoms with Gasteiger partial charge in [0.05, 0.1) is 6.20 Å². The van der Waals surface area contributed by atoms with E-state index in [2.05, 4.69) is 22.0 Å². The van der Waals surface area contributed by atoms with Crippen molar-refractivity contribution >= 4 is 0 Å². The summed E-state index contributed by atoms with van der Waals surface area (Å²) in [5.41, 5.74) is 7.37. The Bertz CT molecular complexity index is 384. The maximum absolute atomic E-state index is 6.11. The van der Waals surface area contributed by atoms with Gasteiger partial charge in [0.25, 0.3) is 0 Å². The van der Waals surface area contributed by atoms with Crippen LogP contribution in [0.25, 0.3) is 0 Å². The fourth-order valence-corrected chi connectivity index (χ4v) is 2.91. The molecule has 2 N–H and O–H groups in total. The number of hydrogen-bond acceptors (Lipinski definition) is 5. The van der Waals surface area contributed by atoms with Gasteiger partial charge < -0.3 is 15.2 Å². The molecule has 5 heteroatoms. The van der Waals surface area contributed by atoms with Crippen LogP contribution < -0.4 is 5.73 Å². The summed E-state index contributed by atoms with van der Waals surface area (Å²) in [6.45, 7) is 4.48. The Kier molecular flexibility index (Phi) is 2.90. The Morgan fingerprint density at radius 1 is 1.35 bits per heavy atom. The van der Waals surface area contributed by atoms with Crippen molar-refractivity contribution in [2.75, 3.05) is 33.2 Å². The van der Waals surface area contributed by atoms with E-state index >= 15 is 0 Å². The van der Waals surface area contributed by atoms with Crippen molar-refractivity contribution in [2.45, 2.75) is 24.9 Å². The molecule has 1 fully saturated rings. The lowest BCUT2D eigenvalue weighted by molar-refractivity contribution is 0.0971. The van der Waals surface area contributed by atoms with Gasteiger partial charge in [0.2, 0.25) is 0 Å². The quantitative estimate of drug-likeness (QED) is 0.757. The minimum Gasteiger partial charge on any atom is -0.361 e. The summed E-state index contributed by atoms with van der Waals surface area (Å²) in [7, 11) is 2.18. The summed E-state index contributed by atoms with van der Waals surface area (Å²) >= 11 is 0. The average Bonchev–Trinajstić information content (AvgIpc) is 2.77. The molecule has 17 heavy (non-hydrogen) atoms. The van der Waals surface area contributed by atoms with Crippen molar-refractivity contribution in [3.8, 4) is 0 Å². The molecule has 2 heterocycles. The lowest BCUT2D eigenvalue weighted by atomic mass is 9.89. The summed E-state index contributed by atoms with van der Waals surface area (Å²) in [5, 5.41) is 3.93. The minimum absolute atomic E-state index is 0.208. The summed E-state index contributed by atoms with van der Waals surface area (Å²) in [4.78, 5) is 4.89. The van der Waals surface area contributed by atoms with Crippen LogP contribution in [-0.2, 0) is 6.42 Å². The molecule has 0 spiro atoms. The molecule has 0 aromatic carbocycles. The normalized spacial score (nSPS) is 31.4. The van der Waals surface area contributed by atoms with Gasteiger partial charge in [0, 0.05) is 50.2 Å². The third-order valence-corrected chi connectivity index (χ3v) is 3.99. The highest BCUT2D eigenvalue weighted by molar-refractivity contribution is 5.23. The SMILES string of the molecule is CN1CCN(C2CC(N)Cc3oncc32)CC1. The molecule has 2 unspecified atom stereocenters. The Balaban J connectivity index is 1.79. The molecule has 1 aromatic heterocycles. The highest BCUT2D eigenvalue weighted by atomic mass is 16.5. The van der Waals surface area contributed by atoms with Crippen molar-refractivity contribution in [1.29, 1.82) is 0 Å². The molecule has 3 rings (SSSR count). The molecule has 1 aliphatic carbocycles. The average molecular weight is 236 g/mol. The van der Waals surface area contributed by atoms with E-state index in [0.29, 0.717) is 6.04 Å². The Morgan fingerprint density at radius 3 is 2.88 bits per heavy atom. The molecule has 0 radical (unpaired) electrons. The molecular formula is C12H20N4O. The van der Waals surface area contributed by atoms with E-state index in [1.807, 2.05) is 6.20 Å². The smallest absolute Gasteiger partial charge is 0.143 e. The van der Waals surface area contributed by atoms with Gasteiger partial charge in [0.15, 0.2) is 0 Å². The lowest BCUT2D eigenvalue weighted by Gasteiger charge is -2.40. The molecule has 0 amide bonds. The zero-order valence-corrected chi connectivity index (χ0v) is 10.3. The topological polar surface area (TPSA) is 58.5 Å². The molecule has 0 bridgehead atoms. The predicted octanol–water partition coefficient (Wildman–Crippen LogP) is 0.237. The van der Waals surface area contributed by atoms with Crippen LogP contribution in [0.2, 0.25) is 0 Å². The first-order valence-corrected chi connectivity index (χ1v) is 6.35. The van der Waals surface area contributed by atoms with E-state index < -0.39 is 0 Å². The number of fused-ring (bicyclic) bond motifs is 1. The van der Waals surface area contributed by atoms with Crippen molar-refractivity contribution < 1.29 is 4.52 Å². The first-order chi connectivity index (χ1) is 8.24. The third-order valence-electron chi connectivity index (χ3n) is 3.99. The van der Waals surface area contributed by atoms with Gasteiger partial charge in [-0.25, -0.2) is 0 Å². The molecule has 1 saturated heterocycles. The van der Waals surface area contributed by atoms with Gasteiger partial charge in [-0.1, -0.05) is 5.16 Å². The number of hydrogen-bond donors (Lipinski definition) is 1. The van der Waals surface area contributed by atoms with E-state index in [-0.39, 0.29) is 6.04 Å². The van der Waals surface area contributed by atoms with E-state index in [4.69, 9.17) is 10.3 Å². The second-order valence-corrected chi connectivity index (χ2v) is 5.26. The van der Waals surface area contributed by atoms with Crippen LogP contribution in [0.1, 0.15) is 23.8 Å². The number of rotatable bonds is 1. The number of nitrogens with zero attached hydrogens (tertiary/aromatic N) is 3. The van der Waals surface area contributed by atoms with Crippen LogP contribution in [0.15, 0.2) is 10.7 Å². The Morgan fingerprint density at radius 2 is 2.12 bits per heavy atom.